The first-order chi connectivity index (χ1) is 8.35. The van der Waals surface area contributed by atoms with Crippen LogP contribution in [0.15, 0.2) is 24.3 Å². The van der Waals surface area contributed by atoms with E-state index < -0.39 is 0 Å². The van der Waals surface area contributed by atoms with Crippen LogP contribution in [0.2, 0.25) is 0 Å². The zero-order chi connectivity index (χ0) is 12.1. The van der Waals surface area contributed by atoms with E-state index in [-0.39, 0.29) is 12.7 Å². The summed E-state index contributed by atoms with van der Waals surface area (Å²) >= 11 is 0. The minimum atomic E-state index is 0.0372. The van der Waals surface area contributed by atoms with Crippen LogP contribution in [0.3, 0.4) is 0 Å². The van der Waals surface area contributed by atoms with E-state index in [1.54, 1.807) is 0 Å². The molecule has 0 aliphatic carbocycles. The van der Waals surface area contributed by atoms with Gasteiger partial charge in [-0.1, -0.05) is 25.1 Å². The Morgan fingerprint density at radius 2 is 2.29 bits per heavy atom. The lowest BCUT2D eigenvalue weighted by Gasteiger charge is -2.24. The molecule has 3 heteroatoms. The van der Waals surface area contributed by atoms with Gasteiger partial charge in [-0.25, -0.2) is 0 Å². The number of aliphatic hydroxyl groups is 1. The van der Waals surface area contributed by atoms with Crippen LogP contribution >= 0.6 is 0 Å². The van der Waals surface area contributed by atoms with Gasteiger partial charge in [0.2, 0.25) is 0 Å². The fourth-order valence-electron chi connectivity index (χ4n) is 2.42. The van der Waals surface area contributed by atoms with Crippen LogP contribution < -0.4 is 10.1 Å². The quantitative estimate of drug-likeness (QED) is 0.819. The van der Waals surface area contributed by atoms with Crippen LogP contribution in [0.5, 0.6) is 5.75 Å². The summed E-state index contributed by atoms with van der Waals surface area (Å²) in [5, 5.41) is 12.6. The summed E-state index contributed by atoms with van der Waals surface area (Å²) in [5.74, 6) is 1.42. The second-order valence-electron chi connectivity index (χ2n) is 4.58. The van der Waals surface area contributed by atoms with E-state index in [9.17, 15) is 5.11 Å². The van der Waals surface area contributed by atoms with Gasteiger partial charge in [-0.3, -0.25) is 0 Å². The van der Waals surface area contributed by atoms with E-state index >= 15 is 0 Å². The highest BCUT2D eigenvalue weighted by Crippen LogP contribution is 2.25. The number of rotatable bonds is 5. The molecule has 0 amide bonds. The Bertz CT molecular complexity index is 348. The molecule has 17 heavy (non-hydrogen) atoms. The van der Waals surface area contributed by atoms with Crippen LogP contribution in [0.1, 0.15) is 25.3 Å². The van der Waals surface area contributed by atoms with Crippen molar-refractivity contribution >= 4 is 0 Å². The summed E-state index contributed by atoms with van der Waals surface area (Å²) in [6, 6.07) is 7.73. The lowest BCUT2D eigenvalue weighted by atomic mass is 9.99. The maximum atomic E-state index is 9.28. The first-order valence-electron chi connectivity index (χ1n) is 6.41. The van der Waals surface area contributed by atoms with Gasteiger partial charge in [0.05, 0.1) is 6.61 Å². The minimum absolute atomic E-state index is 0.0372. The number of para-hydroxylation sites is 1. The van der Waals surface area contributed by atoms with Gasteiger partial charge in [0, 0.05) is 18.0 Å². The number of nitrogens with one attached hydrogen (secondary N) is 1. The van der Waals surface area contributed by atoms with Gasteiger partial charge < -0.3 is 15.2 Å². The first kappa shape index (κ1) is 12.4. The number of aliphatic hydroxyl groups excluding tert-OH is 1. The average Bonchev–Trinajstić information content (AvgIpc) is 2.90. The molecule has 94 valence electrons. The normalized spacial score (nSPS) is 21.4. The summed E-state index contributed by atoms with van der Waals surface area (Å²) in [4.78, 5) is 0. The van der Waals surface area contributed by atoms with Crippen molar-refractivity contribution in [2.24, 2.45) is 5.92 Å². The molecule has 1 fully saturated rings. The molecule has 0 spiro atoms. The van der Waals surface area contributed by atoms with Crippen molar-refractivity contribution in [3.05, 3.63) is 29.8 Å². The van der Waals surface area contributed by atoms with Crippen LogP contribution in [-0.4, -0.2) is 24.3 Å². The molecule has 1 heterocycles. The second kappa shape index (κ2) is 6.03. The molecule has 3 nitrogen and oxygen atoms in total. The van der Waals surface area contributed by atoms with Crippen LogP contribution in [0.25, 0.3) is 0 Å². The van der Waals surface area contributed by atoms with Crippen molar-refractivity contribution in [1.29, 1.82) is 0 Å². The predicted molar refractivity (Wildman–Crippen MR) is 68.0 cm³/mol. The van der Waals surface area contributed by atoms with Crippen molar-refractivity contribution in [3.8, 4) is 5.75 Å². The van der Waals surface area contributed by atoms with Gasteiger partial charge in [-0.05, 0) is 25.5 Å². The number of ether oxygens (including phenoxy) is 1. The Morgan fingerprint density at radius 1 is 1.47 bits per heavy atom. The monoisotopic (exact) mass is 235 g/mol. The third-order valence-electron chi connectivity index (χ3n) is 3.45. The molecule has 2 N–H and O–H groups in total. The van der Waals surface area contributed by atoms with Crippen molar-refractivity contribution in [2.45, 2.75) is 32.5 Å². The van der Waals surface area contributed by atoms with Crippen LogP contribution in [-0.2, 0) is 6.61 Å². The topological polar surface area (TPSA) is 41.5 Å². The summed E-state index contributed by atoms with van der Waals surface area (Å²) in [6.45, 7) is 4.33. The van der Waals surface area contributed by atoms with E-state index in [2.05, 4.69) is 12.2 Å². The molecular weight excluding hydrogens is 214 g/mol. The van der Waals surface area contributed by atoms with E-state index in [4.69, 9.17) is 4.74 Å². The molecular formula is C14H21NO2. The van der Waals surface area contributed by atoms with Gasteiger partial charge in [0.25, 0.3) is 0 Å². The molecule has 2 unspecified atom stereocenters. The van der Waals surface area contributed by atoms with Crippen molar-refractivity contribution < 1.29 is 9.84 Å². The Labute approximate surface area is 103 Å². The van der Waals surface area contributed by atoms with Crippen molar-refractivity contribution in [2.75, 3.05) is 13.1 Å². The maximum Gasteiger partial charge on any atom is 0.125 e. The Kier molecular flexibility index (Phi) is 4.40. The molecule has 1 aliphatic rings. The molecule has 1 aliphatic heterocycles. The molecule has 2 rings (SSSR count). The summed E-state index contributed by atoms with van der Waals surface area (Å²) < 4.78 is 6.07. The molecule has 2 atom stereocenters. The second-order valence-corrected chi connectivity index (χ2v) is 4.58. The van der Waals surface area contributed by atoms with Gasteiger partial charge in [-0.2, -0.15) is 0 Å². The van der Waals surface area contributed by atoms with E-state index in [1.165, 1.54) is 6.42 Å². The molecule has 1 saturated heterocycles. The van der Waals surface area contributed by atoms with E-state index in [0.29, 0.717) is 5.92 Å². The Hall–Kier alpha value is -1.06. The van der Waals surface area contributed by atoms with Gasteiger partial charge in [0.1, 0.15) is 11.9 Å². The number of benzene rings is 1. The smallest absolute Gasteiger partial charge is 0.125 e. The molecule has 0 radical (unpaired) electrons. The molecule has 1 aromatic carbocycles. The summed E-state index contributed by atoms with van der Waals surface area (Å²) in [5.41, 5.74) is 0.872. The van der Waals surface area contributed by atoms with Crippen molar-refractivity contribution in [1.82, 2.24) is 5.32 Å². The third kappa shape index (κ3) is 2.99. The highest BCUT2D eigenvalue weighted by atomic mass is 16.5. The molecule has 1 aromatic rings. The lowest BCUT2D eigenvalue weighted by Crippen LogP contribution is -2.28. The Morgan fingerprint density at radius 3 is 2.94 bits per heavy atom. The molecule has 0 saturated carbocycles. The fraction of sp³-hybridized carbons (Fsp3) is 0.571. The highest BCUT2D eigenvalue weighted by molar-refractivity contribution is 5.32. The van der Waals surface area contributed by atoms with Crippen LogP contribution in [0.4, 0.5) is 0 Å². The van der Waals surface area contributed by atoms with E-state index in [1.807, 2.05) is 24.3 Å². The van der Waals surface area contributed by atoms with Gasteiger partial charge in [0.15, 0.2) is 0 Å². The minimum Gasteiger partial charge on any atom is -0.490 e. The SMILES string of the molecule is CCC(Oc1ccccc1CO)C1CCNC1. The van der Waals surface area contributed by atoms with Gasteiger partial charge in [-0.15, -0.1) is 0 Å². The zero-order valence-corrected chi connectivity index (χ0v) is 10.4. The summed E-state index contributed by atoms with van der Waals surface area (Å²) in [7, 11) is 0. The van der Waals surface area contributed by atoms with Crippen LogP contribution in [0, 0.1) is 5.92 Å². The standard InChI is InChI=1S/C14H21NO2/c1-2-13(11-7-8-15-9-11)17-14-6-4-3-5-12(14)10-16/h3-6,11,13,15-16H,2,7-10H2,1H3. The predicted octanol–water partition coefficient (Wildman–Crippen LogP) is 1.95. The zero-order valence-electron chi connectivity index (χ0n) is 10.4. The summed E-state index contributed by atoms with van der Waals surface area (Å²) in [6.07, 6.45) is 2.43. The lowest BCUT2D eigenvalue weighted by molar-refractivity contribution is 0.134. The third-order valence-corrected chi connectivity index (χ3v) is 3.45. The largest absolute Gasteiger partial charge is 0.490 e. The molecule has 0 bridgehead atoms. The van der Waals surface area contributed by atoms with Gasteiger partial charge >= 0.3 is 0 Å². The first-order valence-corrected chi connectivity index (χ1v) is 6.41. The molecule has 0 aromatic heterocycles. The number of hydrogen-bond acceptors (Lipinski definition) is 3. The fourth-order valence-corrected chi connectivity index (χ4v) is 2.42. The number of hydrogen-bond donors (Lipinski definition) is 2. The Balaban J connectivity index is 2.06. The van der Waals surface area contributed by atoms with Crippen molar-refractivity contribution in [3.63, 3.8) is 0 Å². The highest BCUT2D eigenvalue weighted by Gasteiger charge is 2.25. The van der Waals surface area contributed by atoms with E-state index in [0.717, 1.165) is 30.8 Å². The average molecular weight is 235 g/mol. The maximum absolute atomic E-state index is 9.28.